The number of carbonyl (C=O) groups excluding carboxylic acids is 1. The summed E-state index contributed by atoms with van der Waals surface area (Å²) in [4.78, 5) is 12.2. The minimum Gasteiger partial charge on any atom is -0.345 e. The van der Waals surface area contributed by atoms with Gasteiger partial charge in [0.25, 0.3) is 5.91 Å². The first-order chi connectivity index (χ1) is 9.49. The average Bonchev–Trinajstić information content (AvgIpc) is 2.41. The second-order valence-corrected chi connectivity index (χ2v) is 6.44. The highest BCUT2D eigenvalue weighted by molar-refractivity contribution is 14.1. The number of nitrogens with one attached hydrogen (secondary N) is 1. The lowest BCUT2D eigenvalue weighted by atomic mass is 10.1. The van der Waals surface area contributed by atoms with Crippen molar-refractivity contribution in [3.63, 3.8) is 0 Å². The highest BCUT2D eigenvalue weighted by Gasteiger charge is 2.16. The molecular formula is C15H12BrFINO. The molecule has 2 nitrogen and oxygen atoms in total. The molecule has 1 N–H and O–H groups in total. The molecule has 1 atom stereocenters. The summed E-state index contributed by atoms with van der Waals surface area (Å²) in [5.41, 5.74) is 1.02. The van der Waals surface area contributed by atoms with E-state index in [1.54, 1.807) is 31.2 Å². The van der Waals surface area contributed by atoms with E-state index in [0.717, 1.165) is 8.04 Å². The Balaban J connectivity index is 2.20. The molecule has 0 saturated carbocycles. The lowest BCUT2D eigenvalue weighted by Crippen LogP contribution is -2.27. The topological polar surface area (TPSA) is 29.1 Å². The summed E-state index contributed by atoms with van der Waals surface area (Å²) in [7, 11) is 0. The Morgan fingerprint density at radius 1 is 1.30 bits per heavy atom. The van der Waals surface area contributed by atoms with Crippen LogP contribution in [-0.4, -0.2) is 5.91 Å². The van der Waals surface area contributed by atoms with E-state index in [-0.39, 0.29) is 11.7 Å². The Kier molecular flexibility index (Phi) is 5.15. The van der Waals surface area contributed by atoms with Crippen LogP contribution in [-0.2, 0) is 0 Å². The normalized spacial score (nSPS) is 12.0. The fraction of sp³-hybridized carbons (Fsp3) is 0.133. The van der Waals surface area contributed by atoms with E-state index in [4.69, 9.17) is 0 Å². The largest absolute Gasteiger partial charge is 0.345 e. The van der Waals surface area contributed by atoms with Gasteiger partial charge in [-0.05, 0) is 69.7 Å². The molecule has 0 aliphatic carbocycles. The number of rotatable bonds is 3. The Labute approximate surface area is 139 Å². The van der Waals surface area contributed by atoms with Gasteiger partial charge in [-0.25, -0.2) is 4.39 Å². The molecule has 0 aliphatic rings. The van der Waals surface area contributed by atoms with Crippen LogP contribution in [0.4, 0.5) is 4.39 Å². The van der Waals surface area contributed by atoms with Crippen LogP contribution < -0.4 is 5.32 Å². The molecule has 20 heavy (non-hydrogen) atoms. The zero-order valence-corrected chi connectivity index (χ0v) is 14.4. The van der Waals surface area contributed by atoms with Gasteiger partial charge in [-0.3, -0.25) is 4.79 Å². The van der Waals surface area contributed by atoms with Gasteiger partial charge in [0.1, 0.15) is 5.82 Å². The number of benzene rings is 2. The third-order valence-electron chi connectivity index (χ3n) is 2.89. The molecule has 0 saturated heterocycles. The third-order valence-corrected chi connectivity index (χ3v) is 4.25. The Hall–Kier alpha value is -0.950. The molecule has 0 spiro atoms. The molecule has 1 unspecified atom stereocenters. The third kappa shape index (κ3) is 3.58. The van der Waals surface area contributed by atoms with Crippen LogP contribution in [0.3, 0.4) is 0 Å². The van der Waals surface area contributed by atoms with Gasteiger partial charge in [-0.2, -0.15) is 0 Å². The fourth-order valence-corrected chi connectivity index (χ4v) is 2.77. The van der Waals surface area contributed by atoms with E-state index in [1.165, 1.54) is 6.07 Å². The summed E-state index contributed by atoms with van der Waals surface area (Å²) in [5, 5.41) is 2.81. The predicted molar refractivity (Wildman–Crippen MR) is 89.1 cm³/mol. The summed E-state index contributed by atoms with van der Waals surface area (Å²) < 4.78 is 15.4. The van der Waals surface area contributed by atoms with Gasteiger partial charge in [0, 0.05) is 13.6 Å². The summed E-state index contributed by atoms with van der Waals surface area (Å²) in [6.45, 7) is 1.76. The molecule has 0 aromatic heterocycles. The van der Waals surface area contributed by atoms with Crippen molar-refractivity contribution < 1.29 is 9.18 Å². The van der Waals surface area contributed by atoms with Crippen LogP contribution in [0.2, 0.25) is 0 Å². The number of carbonyl (C=O) groups is 1. The average molecular weight is 448 g/mol. The number of amides is 1. The summed E-state index contributed by atoms with van der Waals surface area (Å²) in [5.74, 6) is -0.548. The van der Waals surface area contributed by atoms with Crippen molar-refractivity contribution in [2.45, 2.75) is 13.0 Å². The van der Waals surface area contributed by atoms with Crippen LogP contribution in [0.15, 0.2) is 46.9 Å². The maximum absolute atomic E-state index is 13.7. The van der Waals surface area contributed by atoms with Crippen LogP contribution >= 0.6 is 38.5 Å². The van der Waals surface area contributed by atoms with Gasteiger partial charge < -0.3 is 5.32 Å². The van der Waals surface area contributed by atoms with Gasteiger partial charge in [0.2, 0.25) is 0 Å². The van der Waals surface area contributed by atoms with Crippen molar-refractivity contribution in [2.75, 3.05) is 0 Å². The molecule has 0 heterocycles. The molecule has 0 bridgehead atoms. The quantitative estimate of drug-likeness (QED) is 0.680. The van der Waals surface area contributed by atoms with Gasteiger partial charge in [0.05, 0.1) is 11.6 Å². The minimum atomic E-state index is -0.395. The van der Waals surface area contributed by atoms with Crippen LogP contribution in [0, 0.1) is 9.39 Å². The van der Waals surface area contributed by atoms with E-state index >= 15 is 0 Å². The lowest BCUT2D eigenvalue weighted by molar-refractivity contribution is 0.0938. The molecule has 0 fully saturated rings. The zero-order chi connectivity index (χ0) is 14.7. The van der Waals surface area contributed by atoms with Crippen molar-refractivity contribution in [3.05, 3.63) is 67.5 Å². The van der Waals surface area contributed by atoms with E-state index in [0.29, 0.717) is 11.1 Å². The van der Waals surface area contributed by atoms with Gasteiger partial charge in [-0.1, -0.05) is 18.2 Å². The van der Waals surface area contributed by atoms with Gasteiger partial charge in [0.15, 0.2) is 0 Å². The first kappa shape index (κ1) is 15.4. The van der Waals surface area contributed by atoms with Crippen LogP contribution in [0.25, 0.3) is 0 Å². The Morgan fingerprint density at radius 2 is 2.00 bits per heavy atom. The summed E-state index contributed by atoms with van der Waals surface area (Å²) in [6, 6.07) is 11.6. The van der Waals surface area contributed by atoms with Crippen LogP contribution in [0.1, 0.15) is 28.9 Å². The van der Waals surface area contributed by atoms with E-state index < -0.39 is 6.04 Å². The predicted octanol–water partition coefficient (Wildman–Crippen LogP) is 4.68. The van der Waals surface area contributed by atoms with E-state index in [2.05, 4.69) is 43.8 Å². The second-order valence-electron chi connectivity index (χ2n) is 4.34. The van der Waals surface area contributed by atoms with Crippen molar-refractivity contribution in [2.24, 2.45) is 0 Å². The van der Waals surface area contributed by atoms with Gasteiger partial charge in [-0.15, -0.1) is 0 Å². The van der Waals surface area contributed by atoms with Crippen molar-refractivity contribution in [3.8, 4) is 0 Å². The van der Waals surface area contributed by atoms with Gasteiger partial charge >= 0.3 is 0 Å². The maximum Gasteiger partial charge on any atom is 0.252 e. The van der Waals surface area contributed by atoms with Crippen LogP contribution in [0.5, 0.6) is 0 Å². The molecule has 0 aliphatic heterocycles. The first-order valence-electron chi connectivity index (χ1n) is 5.99. The van der Waals surface area contributed by atoms with E-state index in [1.807, 2.05) is 12.1 Å². The Morgan fingerprint density at radius 3 is 2.70 bits per heavy atom. The Bertz CT molecular complexity index is 648. The monoisotopic (exact) mass is 447 g/mol. The fourth-order valence-electron chi connectivity index (χ4n) is 1.85. The SMILES string of the molecule is CC(NC(=O)c1cc(I)ccc1Br)c1ccccc1F. The molecule has 2 rings (SSSR count). The molecule has 0 radical (unpaired) electrons. The molecule has 2 aromatic rings. The zero-order valence-electron chi connectivity index (χ0n) is 10.7. The second kappa shape index (κ2) is 6.67. The lowest BCUT2D eigenvalue weighted by Gasteiger charge is -2.15. The first-order valence-corrected chi connectivity index (χ1v) is 7.86. The van der Waals surface area contributed by atoms with Crippen molar-refractivity contribution in [1.29, 1.82) is 0 Å². The highest BCUT2D eigenvalue weighted by Crippen LogP contribution is 2.21. The summed E-state index contributed by atoms with van der Waals surface area (Å²) in [6.07, 6.45) is 0. The number of hydrogen-bond acceptors (Lipinski definition) is 1. The van der Waals surface area contributed by atoms with E-state index in [9.17, 15) is 9.18 Å². The molecule has 5 heteroatoms. The smallest absolute Gasteiger partial charge is 0.252 e. The summed E-state index contributed by atoms with van der Waals surface area (Å²) >= 11 is 5.50. The standard InChI is InChI=1S/C15H12BrFINO/c1-9(11-4-2-3-5-14(11)17)19-15(20)12-8-10(18)6-7-13(12)16/h2-9H,1H3,(H,19,20). The molecule has 2 aromatic carbocycles. The van der Waals surface area contributed by atoms with Crippen molar-refractivity contribution >= 4 is 44.4 Å². The molecule has 104 valence electrons. The molecule has 1 amide bonds. The highest BCUT2D eigenvalue weighted by atomic mass is 127. The minimum absolute atomic E-state index is 0.230. The molecular weight excluding hydrogens is 436 g/mol. The number of halogens is 3. The van der Waals surface area contributed by atoms with Crippen molar-refractivity contribution in [1.82, 2.24) is 5.32 Å². The number of hydrogen-bond donors (Lipinski definition) is 1. The maximum atomic E-state index is 13.7.